The van der Waals surface area contributed by atoms with Crippen LogP contribution < -0.4 is 5.32 Å². The van der Waals surface area contributed by atoms with Crippen LogP contribution in [0.15, 0.2) is 42.5 Å². The van der Waals surface area contributed by atoms with Gasteiger partial charge in [0.2, 0.25) is 0 Å². The van der Waals surface area contributed by atoms with Crippen LogP contribution in [0.5, 0.6) is 5.75 Å². The normalized spacial score (nSPS) is 15.7. The number of ether oxygens (including phenoxy) is 2. The highest BCUT2D eigenvalue weighted by molar-refractivity contribution is 6.06. The van der Waals surface area contributed by atoms with E-state index in [1.165, 1.54) is 24.3 Å². The predicted molar refractivity (Wildman–Crippen MR) is 86.8 cm³/mol. The number of carbonyl (C=O) groups excluding carboxylic acids is 1. The van der Waals surface area contributed by atoms with Crippen LogP contribution in [0.1, 0.15) is 34.2 Å². The van der Waals surface area contributed by atoms with Gasteiger partial charge in [-0.25, -0.2) is 0 Å². The Hall–Kier alpha value is -2.58. The summed E-state index contributed by atoms with van der Waals surface area (Å²) in [5.74, 6) is -1.25. The number of carbonyl (C=O) groups is 1. The van der Waals surface area contributed by atoms with Crippen molar-refractivity contribution in [2.24, 2.45) is 0 Å². The molecule has 1 amide bonds. The van der Waals surface area contributed by atoms with E-state index in [0.29, 0.717) is 18.8 Å². The lowest BCUT2D eigenvalue weighted by molar-refractivity contribution is -0.183. The van der Waals surface area contributed by atoms with E-state index in [2.05, 4.69) is 5.32 Å². The van der Waals surface area contributed by atoms with Crippen molar-refractivity contribution in [2.75, 3.05) is 18.5 Å². The second kappa shape index (κ2) is 7.35. The average Bonchev–Trinajstić information content (AvgIpc) is 2.63. The molecular weight excluding hydrogens is 351 g/mol. The maximum absolute atomic E-state index is 13.1. The quantitative estimate of drug-likeness (QED) is 0.802. The highest BCUT2D eigenvalue weighted by Crippen LogP contribution is 2.34. The Morgan fingerprint density at radius 2 is 1.81 bits per heavy atom. The summed E-state index contributed by atoms with van der Waals surface area (Å²) < 4.78 is 50.1. The molecule has 0 aliphatic carbocycles. The molecule has 2 aromatic rings. The molecule has 3 rings (SSSR count). The van der Waals surface area contributed by atoms with Crippen molar-refractivity contribution in [3.8, 4) is 5.75 Å². The van der Waals surface area contributed by atoms with E-state index in [-0.39, 0.29) is 11.4 Å². The molecule has 8 heteroatoms. The Balaban J connectivity index is 1.86. The van der Waals surface area contributed by atoms with Crippen molar-refractivity contribution in [2.45, 2.75) is 18.9 Å². The van der Waals surface area contributed by atoms with E-state index < -0.39 is 29.5 Å². The van der Waals surface area contributed by atoms with Gasteiger partial charge in [-0.2, -0.15) is 13.2 Å². The Kier molecular flexibility index (Phi) is 5.15. The molecule has 0 atom stereocenters. The number of hydrogen-bond donors (Lipinski definition) is 2. The second-order valence-corrected chi connectivity index (χ2v) is 5.70. The minimum absolute atomic E-state index is 0.0257. The summed E-state index contributed by atoms with van der Waals surface area (Å²) in [6.07, 6.45) is -4.56. The molecule has 0 saturated carbocycles. The van der Waals surface area contributed by atoms with Crippen LogP contribution in [0.4, 0.5) is 18.9 Å². The largest absolute Gasteiger partial charge is 0.506 e. The molecule has 5 nitrogen and oxygen atoms in total. The Morgan fingerprint density at radius 3 is 2.50 bits per heavy atom. The number of aromatic hydroxyl groups is 1. The van der Waals surface area contributed by atoms with E-state index in [9.17, 15) is 23.1 Å². The van der Waals surface area contributed by atoms with Crippen molar-refractivity contribution >= 4 is 11.6 Å². The first-order chi connectivity index (χ1) is 12.4. The Bertz CT molecular complexity index is 801. The van der Waals surface area contributed by atoms with Gasteiger partial charge in [-0.05, 0) is 30.7 Å². The number of nitrogens with one attached hydrogen (secondary N) is 1. The molecule has 2 aromatic carbocycles. The lowest BCUT2D eigenvalue weighted by atomic mass is 10.1. The van der Waals surface area contributed by atoms with Crippen molar-refractivity contribution < 1.29 is 32.5 Å². The number of phenols is 1. The molecule has 1 heterocycles. The average molecular weight is 367 g/mol. The topological polar surface area (TPSA) is 67.8 Å². The number of benzene rings is 2. The number of halogens is 3. The van der Waals surface area contributed by atoms with E-state index in [0.717, 1.165) is 18.6 Å². The van der Waals surface area contributed by atoms with E-state index in [1.807, 2.05) is 0 Å². The number of amides is 1. The molecule has 0 bridgehead atoms. The van der Waals surface area contributed by atoms with Gasteiger partial charge in [-0.3, -0.25) is 4.79 Å². The first kappa shape index (κ1) is 18.2. The summed E-state index contributed by atoms with van der Waals surface area (Å²) in [4.78, 5) is 12.3. The molecular formula is C18H16F3NO4. The summed E-state index contributed by atoms with van der Waals surface area (Å²) in [5.41, 5.74) is -1.06. The number of anilines is 1. The Morgan fingerprint density at radius 1 is 1.12 bits per heavy atom. The third-order valence-corrected chi connectivity index (χ3v) is 3.85. The Labute approximate surface area is 147 Å². The van der Waals surface area contributed by atoms with Crippen LogP contribution in [0.2, 0.25) is 0 Å². The van der Waals surface area contributed by atoms with Crippen LogP contribution in [0, 0.1) is 0 Å². The van der Waals surface area contributed by atoms with Gasteiger partial charge in [0.25, 0.3) is 5.91 Å². The highest BCUT2D eigenvalue weighted by atomic mass is 19.4. The maximum atomic E-state index is 13.1. The summed E-state index contributed by atoms with van der Waals surface area (Å²) in [7, 11) is 0. The van der Waals surface area contributed by atoms with Crippen LogP contribution in [0.25, 0.3) is 0 Å². The first-order valence-corrected chi connectivity index (χ1v) is 7.90. The van der Waals surface area contributed by atoms with E-state index in [4.69, 9.17) is 9.47 Å². The summed E-state index contributed by atoms with van der Waals surface area (Å²) >= 11 is 0. The second-order valence-electron chi connectivity index (χ2n) is 5.70. The molecule has 1 aliphatic rings. The van der Waals surface area contributed by atoms with Crippen LogP contribution in [0.3, 0.4) is 0 Å². The monoisotopic (exact) mass is 367 g/mol. The number of rotatable bonds is 3. The van der Waals surface area contributed by atoms with Gasteiger partial charge in [-0.1, -0.05) is 18.2 Å². The first-order valence-electron chi connectivity index (χ1n) is 7.90. The van der Waals surface area contributed by atoms with Crippen molar-refractivity contribution in [1.29, 1.82) is 0 Å². The highest BCUT2D eigenvalue weighted by Gasteiger charge is 2.35. The fraction of sp³-hybridized carbons (Fsp3) is 0.278. The van der Waals surface area contributed by atoms with Gasteiger partial charge in [-0.15, -0.1) is 0 Å². The molecule has 1 saturated heterocycles. The number of alkyl halides is 3. The van der Waals surface area contributed by atoms with Crippen LogP contribution in [-0.2, 0) is 15.7 Å². The van der Waals surface area contributed by atoms with Gasteiger partial charge >= 0.3 is 6.18 Å². The van der Waals surface area contributed by atoms with E-state index in [1.54, 1.807) is 6.07 Å². The zero-order valence-corrected chi connectivity index (χ0v) is 13.5. The van der Waals surface area contributed by atoms with Crippen molar-refractivity contribution in [3.63, 3.8) is 0 Å². The fourth-order valence-electron chi connectivity index (χ4n) is 2.60. The molecule has 26 heavy (non-hydrogen) atoms. The lowest BCUT2D eigenvalue weighted by Crippen LogP contribution is -2.20. The van der Waals surface area contributed by atoms with Gasteiger partial charge in [0.1, 0.15) is 5.75 Å². The third kappa shape index (κ3) is 3.97. The summed E-state index contributed by atoms with van der Waals surface area (Å²) in [6, 6.07) is 8.74. The zero-order valence-electron chi connectivity index (χ0n) is 13.5. The molecule has 0 spiro atoms. The molecule has 1 aliphatic heterocycles. The minimum Gasteiger partial charge on any atom is -0.506 e. The van der Waals surface area contributed by atoms with E-state index >= 15 is 0 Å². The molecule has 0 aromatic heterocycles. The number of phenolic OH excluding ortho intramolecular Hbond substituents is 1. The molecule has 138 valence electrons. The summed E-state index contributed by atoms with van der Waals surface area (Å²) in [6.45, 7) is 1.01. The van der Waals surface area contributed by atoms with Gasteiger partial charge in [0.15, 0.2) is 6.29 Å². The van der Waals surface area contributed by atoms with Gasteiger partial charge in [0, 0.05) is 5.56 Å². The smallest absolute Gasteiger partial charge is 0.417 e. The zero-order chi connectivity index (χ0) is 18.7. The molecule has 2 N–H and O–H groups in total. The molecule has 0 radical (unpaired) electrons. The van der Waals surface area contributed by atoms with Crippen molar-refractivity contribution in [3.05, 3.63) is 59.2 Å². The minimum atomic E-state index is -4.67. The standard InChI is InChI=1S/C18H16F3NO4/c19-18(20,21)13-5-2-1-4-12(13)16(24)22-14-10-11(6-7-15(14)23)17-25-8-3-9-26-17/h1-2,4-7,10,17,23H,3,8-9H2,(H,22,24). The van der Waals surface area contributed by atoms with Crippen LogP contribution in [-0.4, -0.2) is 24.2 Å². The predicted octanol–water partition coefficient (Wildman–Crippen LogP) is 4.10. The number of hydrogen-bond acceptors (Lipinski definition) is 4. The third-order valence-electron chi connectivity index (χ3n) is 3.85. The van der Waals surface area contributed by atoms with Crippen LogP contribution >= 0.6 is 0 Å². The maximum Gasteiger partial charge on any atom is 0.417 e. The molecule has 1 fully saturated rings. The molecule has 0 unspecified atom stereocenters. The fourth-order valence-corrected chi connectivity index (χ4v) is 2.60. The van der Waals surface area contributed by atoms with Gasteiger partial charge < -0.3 is 19.9 Å². The lowest BCUT2D eigenvalue weighted by Gasteiger charge is -2.24. The SMILES string of the molecule is O=C(Nc1cc(C2OCCCO2)ccc1O)c1ccccc1C(F)(F)F. The summed E-state index contributed by atoms with van der Waals surface area (Å²) in [5, 5.41) is 12.3. The van der Waals surface area contributed by atoms with Gasteiger partial charge in [0.05, 0.1) is 30.0 Å². The van der Waals surface area contributed by atoms with Crippen molar-refractivity contribution in [1.82, 2.24) is 0 Å².